The number of carbonyl (C=O) groups is 1. The fourth-order valence-electron chi connectivity index (χ4n) is 11.5. The molecule has 0 radical (unpaired) electrons. The molecule has 0 aromatic carbocycles. The van der Waals surface area contributed by atoms with E-state index in [9.17, 15) is 30.3 Å². The number of allylic oxidation sites excluding steroid dienone is 1. The maximum absolute atomic E-state index is 11.7. The van der Waals surface area contributed by atoms with E-state index in [1.807, 2.05) is 13.0 Å². The van der Waals surface area contributed by atoms with Crippen LogP contribution in [0.2, 0.25) is 0 Å². The van der Waals surface area contributed by atoms with Crippen molar-refractivity contribution in [2.45, 2.75) is 190 Å². The van der Waals surface area contributed by atoms with Gasteiger partial charge in [-0.25, -0.2) is 4.79 Å². The number of aliphatic hydroxyl groups excluding tert-OH is 3. The molecule has 6 saturated heterocycles. The molecule has 334 valence electrons. The van der Waals surface area contributed by atoms with Gasteiger partial charge in [0.1, 0.15) is 24.4 Å². The summed E-state index contributed by atoms with van der Waals surface area (Å²) in [6.45, 7) is 20.2. The first-order chi connectivity index (χ1) is 27.6. The van der Waals surface area contributed by atoms with Crippen molar-refractivity contribution < 1.29 is 63.5 Å². The summed E-state index contributed by atoms with van der Waals surface area (Å²) in [5.74, 6) is -3.16. The Labute approximate surface area is 350 Å². The molecule has 5 N–H and O–H groups in total. The van der Waals surface area contributed by atoms with Gasteiger partial charge >= 0.3 is 5.97 Å². The standard InChI is InChI=1S/C46H72O13/c1-27(33-23-55-46(21-29(33)3)36(48)12-15-42(7,59-46)24-43(8,52)40(50)51)10-14-41(6)17-18-45(58-41)16-11-35-39(57-45)37(49)30(4)38(56-35)34(47)20-28(2)32-22-44(26-54-31(32)5)13-9-19-53-25-44/h10,14,21,27-28,31-39,47-49,52H,4,9,11-13,15-20,22-26H2,1-3,5-8H3,(H,50,51)/b14-10+. The van der Waals surface area contributed by atoms with Crippen LogP contribution in [0, 0.1) is 29.1 Å². The first-order valence-corrected chi connectivity index (χ1v) is 22.3. The van der Waals surface area contributed by atoms with Crippen LogP contribution in [0.4, 0.5) is 0 Å². The molecule has 0 aromatic heterocycles. The van der Waals surface area contributed by atoms with Crippen molar-refractivity contribution in [2.24, 2.45) is 29.1 Å². The lowest BCUT2D eigenvalue weighted by atomic mass is 9.68. The van der Waals surface area contributed by atoms with Crippen LogP contribution in [-0.4, -0.2) is 129 Å². The Balaban J connectivity index is 0.938. The van der Waals surface area contributed by atoms with Crippen molar-refractivity contribution in [1.82, 2.24) is 0 Å². The van der Waals surface area contributed by atoms with Gasteiger partial charge in [-0.3, -0.25) is 0 Å². The van der Waals surface area contributed by atoms with E-state index in [-0.39, 0.29) is 48.2 Å². The number of aliphatic carboxylic acids is 1. The fourth-order valence-corrected chi connectivity index (χ4v) is 11.5. The second kappa shape index (κ2) is 16.7. The van der Waals surface area contributed by atoms with Crippen molar-refractivity contribution in [2.75, 3.05) is 26.4 Å². The molecule has 0 amide bonds. The molecule has 17 unspecified atom stereocenters. The molecule has 13 heteroatoms. The number of aliphatic hydroxyl groups is 4. The molecular formula is C46H72O13. The zero-order valence-electron chi connectivity index (χ0n) is 36.4. The second-order valence-electron chi connectivity index (χ2n) is 20.5. The summed E-state index contributed by atoms with van der Waals surface area (Å²) < 4.78 is 44.8. The van der Waals surface area contributed by atoms with E-state index in [0.29, 0.717) is 44.1 Å². The molecule has 0 aromatic rings. The van der Waals surface area contributed by atoms with Gasteiger partial charge in [-0.05, 0) is 115 Å². The fraction of sp³-hybridized carbons (Fsp3) is 0.848. The predicted molar refractivity (Wildman–Crippen MR) is 217 cm³/mol. The summed E-state index contributed by atoms with van der Waals surface area (Å²) >= 11 is 0. The third-order valence-electron chi connectivity index (χ3n) is 15.2. The lowest BCUT2D eigenvalue weighted by Crippen LogP contribution is -2.60. The number of ether oxygens (including phenoxy) is 7. The summed E-state index contributed by atoms with van der Waals surface area (Å²) in [5, 5.41) is 54.3. The molecule has 13 nitrogen and oxygen atoms in total. The third-order valence-corrected chi connectivity index (χ3v) is 15.2. The molecule has 7 aliphatic heterocycles. The normalized spacial score (nSPS) is 46.8. The van der Waals surface area contributed by atoms with Crippen molar-refractivity contribution >= 4 is 5.97 Å². The van der Waals surface area contributed by atoms with Crippen LogP contribution in [0.5, 0.6) is 0 Å². The largest absolute Gasteiger partial charge is 0.479 e. The van der Waals surface area contributed by atoms with Gasteiger partial charge in [-0.2, -0.15) is 0 Å². The van der Waals surface area contributed by atoms with Gasteiger partial charge < -0.3 is 58.7 Å². The lowest BCUT2D eigenvalue weighted by molar-refractivity contribution is -0.332. The SMILES string of the molecule is C=C1C(O)C2OC3(CCC2OC1C(O)CC(C)C1CC2(CCCOC2)COC1C)CCC(C)(/C=C/C(C)C1COC2(C=C1C)OC(C)(CC(C)(O)C(=O)O)CCC2O)O3. The van der Waals surface area contributed by atoms with Crippen LogP contribution >= 0.6 is 0 Å². The monoisotopic (exact) mass is 832 g/mol. The second-order valence-corrected chi connectivity index (χ2v) is 20.5. The Hall–Kier alpha value is -1.75. The number of carboxylic acid groups (broad SMARTS) is 1. The smallest absolute Gasteiger partial charge is 0.335 e. The number of hydrogen-bond acceptors (Lipinski definition) is 12. The van der Waals surface area contributed by atoms with E-state index in [1.165, 1.54) is 6.92 Å². The molecule has 7 aliphatic rings. The minimum atomic E-state index is -1.99. The van der Waals surface area contributed by atoms with Gasteiger partial charge in [0.15, 0.2) is 11.4 Å². The Morgan fingerprint density at radius 3 is 2.54 bits per heavy atom. The van der Waals surface area contributed by atoms with Crippen LogP contribution in [0.15, 0.2) is 36.0 Å². The molecule has 6 fully saturated rings. The average molecular weight is 833 g/mol. The lowest BCUT2D eigenvalue weighted by Gasteiger charge is -2.51. The van der Waals surface area contributed by atoms with E-state index in [4.69, 9.17) is 33.2 Å². The molecule has 3 spiro atoms. The minimum absolute atomic E-state index is 0.0111. The summed E-state index contributed by atoms with van der Waals surface area (Å²) in [6, 6.07) is 0. The van der Waals surface area contributed by atoms with E-state index in [1.54, 1.807) is 6.92 Å². The molecule has 17 atom stereocenters. The highest BCUT2D eigenvalue weighted by molar-refractivity contribution is 5.76. The minimum Gasteiger partial charge on any atom is -0.479 e. The molecule has 0 saturated carbocycles. The van der Waals surface area contributed by atoms with Crippen molar-refractivity contribution in [1.29, 1.82) is 0 Å². The zero-order valence-corrected chi connectivity index (χ0v) is 36.4. The highest BCUT2D eigenvalue weighted by Crippen LogP contribution is 2.50. The van der Waals surface area contributed by atoms with E-state index in [2.05, 4.69) is 46.4 Å². The van der Waals surface area contributed by atoms with Crippen LogP contribution < -0.4 is 0 Å². The third kappa shape index (κ3) is 9.19. The molecule has 0 aliphatic carbocycles. The maximum Gasteiger partial charge on any atom is 0.335 e. The van der Waals surface area contributed by atoms with Gasteiger partial charge in [-0.15, -0.1) is 0 Å². The van der Waals surface area contributed by atoms with E-state index in [0.717, 1.165) is 51.1 Å². The molecule has 7 rings (SSSR count). The predicted octanol–water partition coefficient (Wildman–Crippen LogP) is 5.36. The summed E-state index contributed by atoms with van der Waals surface area (Å²) in [4.78, 5) is 11.7. The first kappa shape index (κ1) is 45.3. The topological polar surface area (TPSA) is 183 Å². The van der Waals surface area contributed by atoms with Crippen LogP contribution in [0.3, 0.4) is 0 Å². The summed E-state index contributed by atoms with van der Waals surface area (Å²) in [5.41, 5.74) is -2.15. The summed E-state index contributed by atoms with van der Waals surface area (Å²) in [6.07, 6.45) is 8.45. The van der Waals surface area contributed by atoms with Crippen LogP contribution in [0.1, 0.15) is 119 Å². The van der Waals surface area contributed by atoms with E-state index >= 15 is 0 Å². The Kier molecular flexibility index (Phi) is 12.9. The van der Waals surface area contributed by atoms with Crippen molar-refractivity contribution in [3.8, 4) is 0 Å². The van der Waals surface area contributed by atoms with Gasteiger partial charge in [0, 0.05) is 37.2 Å². The highest BCUT2D eigenvalue weighted by atomic mass is 16.7. The van der Waals surface area contributed by atoms with Gasteiger partial charge in [0.2, 0.25) is 5.79 Å². The van der Waals surface area contributed by atoms with Gasteiger partial charge in [0.25, 0.3) is 0 Å². The summed E-state index contributed by atoms with van der Waals surface area (Å²) in [7, 11) is 0. The molecular weight excluding hydrogens is 760 g/mol. The van der Waals surface area contributed by atoms with E-state index < -0.39 is 71.0 Å². The van der Waals surface area contributed by atoms with Crippen LogP contribution in [0.25, 0.3) is 0 Å². The first-order valence-electron chi connectivity index (χ1n) is 22.3. The van der Waals surface area contributed by atoms with Gasteiger partial charge in [-0.1, -0.05) is 38.2 Å². The molecule has 0 bridgehead atoms. The Morgan fingerprint density at radius 2 is 1.85 bits per heavy atom. The van der Waals surface area contributed by atoms with Crippen molar-refractivity contribution in [3.63, 3.8) is 0 Å². The number of fused-ring (bicyclic) bond motifs is 1. The van der Waals surface area contributed by atoms with Gasteiger partial charge in [0.05, 0.1) is 49.3 Å². The molecule has 59 heavy (non-hydrogen) atoms. The molecule has 7 heterocycles. The quantitative estimate of drug-likeness (QED) is 0.178. The maximum atomic E-state index is 11.7. The number of hydrogen-bond donors (Lipinski definition) is 5. The van der Waals surface area contributed by atoms with Crippen LogP contribution in [-0.2, 0) is 38.0 Å². The van der Waals surface area contributed by atoms with Crippen molar-refractivity contribution in [3.05, 3.63) is 36.0 Å². The zero-order chi connectivity index (χ0) is 42.8. The Morgan fingerprint density at radius 1 is 1.08 bits per heavy atom. The number of carboxylic acids is 1. The highest BCUT2D eigenvalue weighted by Gasteiger charge is 2.57. The number of rotatable bonds is 10. The average Bonchev–Trinajstić information content (AvgIpc) is 3.50. The Bertz CT molecular complexity index is 1610.